The molecule has 1 aliphatic heterocycles. The highest BCUT2D eigenvalue weighted by Gasteiger charge is 2.29. The summed E-state index contributed by atoms with van der Waals surface area (Å²) in [5, 5.41) is 8.96. The Morgan fingerprint density at radius 2 is 2.06 bits per heavy atom. The maximum absolute atomic E-state index is 13.4. The van der Waals surface area contributed by atoms with Crippen LogP contribution in [0.25, 0.3) is 0 Å². The Kier molecular flexibility index (Phi) is 3.38. The third-order valence-electron chi connectivity index (χ3n) is 3.01. The number of carbonyl (C=O) groups is 1. The first kappa shape index (κ1) is 12.0. The van der Waals surface area contributed by atoms with Crippen LogP contribution in [-0.4, -0.2) is 35.6 Å². The van der Waals surface area contributed by atoms with Gasteiger partial charge in [0, 0.05) is 25.6 Å². The summed E-state index contributed by atoms with van der Waals surface area (Å²) < 4.78 is 26.8. The van der Waals surface area contributed by atoms with Crippen molar-refractivity contribution in [3.63, 3.8) is 0 Å². The molecular formula is C12H13F2NO2. The van der Waals surface area contributed by atoms with E-state index in [0.29, 0.717) is 19.5 Å². The molecule has 1 heterocycles. The van der Waals surface area contributed by atoms with Crippen molar-refractivity contribution in [2.45, 2.75) is 6.42 Å². The van der Waals surface area contributed by atoms with Crippen LogP contribution in [0.2, 0.25) is 0 Å². The molecule has 1 saturated heterocycles. The zero-order chi connectivity index (χ0) is 12.4. The van der Waals surface area contributed by atoms with Gasteiger partial charge in [-0.2, -0.15) is 0 Å². The van der Waals surface area contributed by atoms with Gasteiger partial charge < -0.3 is 10.0 Å². The van der Waals surface area contributed by atoms with E-state index < -0.39 is 23.1 Å². The first-order valence-electron chi connectivity index (χ1n) is 5.47. The van der Waals surface area contributed by atoms with Crippen LogP contribution in [0.15, 0.2) is 18.2 Å². The molecule has 0 bridgehead atoms. The molecule has 0 saturated carbocycles. The lowest BCUT2D eigenvalue weighted by molar-refractivity contribution is 0.0772. The van der Waals surface area contributed by atoms with Crippen molar-refractivity contribution in [1.82, 2.24) is 4.90 Å². The highest BCUT2D eigenvalue weighted by atomic mass is 19.1. The van der Waals surface area contributed by atoms with Gasteiger partial charge in [0.2, 0.25) is 0 Å². The number of halogens is 2. The summed E-state index contributed by atoms with van der Waals surface area (Å²) in [6.45, 7) is 0.768. The quantitative estimate of drug-likeness (QED) is 0.850. The predicted molar refractivity (Wildman–Crippen MR) is 57.5 cm³/mol. The number of likely N-dealkylation sites (tertiary alicyclic amines) is 1. The average molecular weight is 241 g/mol. The number of hydrogen-bond acceptors (Lipinski definition) is 2. The fourth-order valence-corrected chi connectivity index (χ4v) is 2.03. The second kappa shape index (κ2) is 4.79. The third-order valence-corrected chi connectivity index (χ3v) is 3.01. The third kappa shape index (κ3) is 2.29. The zero-order valence-corrected chi connectivity index (χ0v) is 9.20. The molecule has 1 unspecified atom stereocenters. The van der Waals surface area contributed by atoms with Gasteiger partial charge in [-0.25, -0.2) is 8.78 Å². The smallest absolute Gasteiger partial charge is 0.259 e. The molecule has 1 aromatic carbocycles. The summed E-state index contributed by atoms with van der Waals surface area (Å²) in [6, 6.07) is 3.35. The molecule has 0 aromatic heterocycles. The van der Waals surface area contributed by atoms with Crippen LogP contribution in [0.1, 0.15) is 16.8 Å². The number of aliphatic hydroxyl groups excluding tert-OH is 1. The van der Waals surface area contributed by atoms with Crippen LogP contribution in [0.5, 0.6) is 0 Å². The van der Waals surface area contributed by atoms with Crippen LogP contribution in [-0.2, 0) is 0 Å². The first-order valence-corrected chi connectivity index (χ1v) is 5.47. The molecule has 1 fully saturated rings. The minimum absolute atomic E-state index is 0.00813. The van der Waals surface area contributed by atoms with Crippen molar-refractivity contribution >= 4 is 5.91 Å². The molecule has 3 nitrogen and oxygen atoms in total. The summed E-state index contributed by atoms with van der Waals surface area (Å²) in [5.74, 6) is -2.32. The second-order valence-corrected chi connectivity index (χ2v) is 4.19. The van der Waals surface area contributed by atoms with Gasteiger partial charge in [0.25, 0.3) is 5.91 Å². The lowest BCUT2D eigenvalue weighted by Crippen LogP contribution is -2.30. The van der Waals surface area contributed by atoms with Crippen molar-refractivity contribution in [2.75, 3.05) is 19.7 Å². The van der Waals surface area contributed by atoms with Gasteiger partial charge in [0.1, 0.15) is 17.2 Å². The molecule has 1 aromatic rings. The number of benzene rings is 1. The predicted octanol–water partition coefficient (Wildman–Crippen LogP) is 1.42. The van der Waals surface area contributed by atoms with E-state index in [4.69, 9.17) is 5.11 Å². The summed E-state index contributed by atoms with van der Waals surface area (Å²) in [6.07, 6.45) is 0.665. The maximum atomic E-state index is 13.4. The molecule has 1 amide bonds. The fraction of sp³-hybridized carbons (Fsp3) is 0.417. The molecule has 92 valence electrons. The molecule has 17 heavy (non-hydrogen) atoms. The summed E-state index contributed by atoms with van der Waals surface area (Å²) >= 11 is 0. The number of aliphatic hydroxyl groups is 1. The van der Waals surface area contributed by atoms with Crippen molar-refractivity contribution in [3.8, 4) is 0 Å². The Bertz CT molecular complexity index is 416. The molecular weight excluding hydrogens is 228 g/mol. The summed E-state index contributed by atoms with van der Waals surface area (Å²) in [7, 11) is 0. The van der Waals surface area contributed by atoms with E-state index >= 15 is 0 Å². The van der Waals surface area contributed by atoms with E-state index in [2.05, 4.69) is 0 Å². The van der Waals surface area contributed by atoms with E-state index in [1.165, 1.54) is 11.0 Å². The average Bonchev–Trinajstić information content (AvgIpc) is 2.77. The van der Waals surface area contributed by atoms with Gasteiger partial charge in [0.05, 0.1) is 0 Å². The maximum Gasteiger partial charge on any atom is 0.259 e. The van der Waals surface area contributed by atoms with Crippen molar-refractivity contribution < 1.29 is 18.7 Å². The molecule has 1 N–H and O–H groups in total. The number of rotatable bonds is 2. The minimum atomic E-state index is -0.845. The Labute approximate surface area is 97.7 Å². The van der Waals surface area contributed by atoms with Gasteiger partial charge in [-0.15, -0.1) is 0 Å². The van der Waals surface area contributed by atoms with Crippen molar-refractivity contribution in [1.29, 1.82) is 0 Å². The molecule has 0 spiro atoms. The molecule has 0 aliphatic carbocycles. The van der Waals surface area contributed by atoms with E-state index in [1.807, 2.05) is 0 Å². The SMILES string of the molecule is O=C(c1c(F)cccc1F)N1CCC(CO)C1. The molecule has 1 aliphatic rings. The lowest BCUT2D eigenvalue weighted by atomic mass is 10.1. The van der Waals surface area contributed by atoms with Crippen LogP contribution in [0.4, 0.5) is 8.78 Å². The van der Waals surface area contributed by atoms with Crippen LogP contribution < -0.4 is 0 Å². The molecule has 5 heteroatoms. The first-order chi connectivity index (χ1) is 8.13. The van der Waals surface area contributed by atoms with Crippen molar-refractivity contribution in [3.05, 3.63) is 35.4 Å². The van der Waals surface area contributed by atoms with Gasteiger partial charge in [-0.1, -0.05) is 6.07 Å². The van der Waals surface area contributed by atoms with Gasteiger partial charge in [-0.3, -0.25) is 4.79 Å². The summed E-state index contributed by atoms with van der Waals surface area (Å²) in [5.41, 5.74) is -0.508. The standard InChI is InChI=1S/C12H13F2NO2/c13-9-2-1-3-10(14)11(9)12(17)15-5-4-8(6-15)7-16/h1-3,8,16H,4-7H2. The zero-order valence-electron chi connectivity index (χ0n) is 9.20. The Morgan fingerprint density at radius 3 is 2.59 bits per heavy atom. The number of carbonyl (C=O) groups excluding carboxylic acids is 1. The van der Waals surface area contributed by atoms with Crippen LogP contribution in [0, 0.1) is 17.6 Å². The Morgan fingerprint density at radius 1 is 1.41 bits per heavy atom. The molecule has 2 rings (SSSR count). The van der Waals surface area contributed by atoms with Gasteiger partial charge in [0.15, 0.2) is 0 Å². The Balaban J connectivity index is 2.21. The molecule has 0 radical (unpaired) electrons. The van der Waals surface area contributed by atoms with Gasteiger partial charge in [-0.05, 0) is 18.6 Å². The summed E-state index contributed by atoms with van der Waals surface area (Å²) in [4.78, 5) is 13.3. The monoisotopic (exact) mass is 241 g/mol. The largest absolute Gasteiger partial charge is 0.396 e. The highest BCUT2D eigenvalue weighted by Crippen LogP contribution is 2.21. The van der Waals surface area contributed by atoms with Crippen molar-refractivity contribution in [2.24, 2.45) is 5.92 Å². The van der Waals surface area contributed by atoms with Crippen LogP contribution in [0.3, 0.4) is 0 Å². The normalized spacial score (nSPS) is 19.7. The van der Waals surface area contributed by atoms with E-state index in [-0.39, 0.29) is 12.5 Å². The van der Waals surface area contributed by atoms with E-state index in [0.717, 1.165) is 12.1 Å². The second-order valence-electron chi connectivity index (χ2n) is 4.19. The number of amides is 1. The Hall–Kier alpha value is -1.49. The topological polar surface area (TPSA) is 40.5 Å². The highest BCUT2D eigenvalue weighted by molar-refractivity contribution is 5.94. The van der Waals surface area contributed by atoms with Gasteiger partial charge >= 0.3 is 0 Å². The lowest BCUT2D eigenvalue weighted by Gasteiger charge is -2.16. The minimum Gasteiger partial charge on any atom is -0.396 e. The number of nitrogens with zero attached hydrogens (tertiary/aromatic N) is 1. The fourth-order valence-electron chi connectivity index (χ4n) is 2.03. The number of hydrogen-bond donors (Lipinski definition) is 1. The van der Waals surface area contributed by atoms with Crippen LogP contribution >= 0.6 is 0 Å². The molecule has 1 atom stereocenters. The van der Waals surface area contributed by atoms with E-state index in [1.54, 1.807) is 0 Å². The van der Waals surface area contributed by atoms with E-state index in [9.17, 15) is 13.6 Å².